The average molecular weight is 316 g/mol. The fourth-order valence-electron chi connectivity index (χ4n) is 1.64. The van der Waals surface area contributed by atoms with Gasteiger partial charge in [-0.05, 0) is 51.8 Å². The summed E-state index contributed by atoms with van der Waals surface area (Å²) in [6, 6.07) is 6.33. The molecule has 0 aliphatic heterocycles. The Balaban J connectivity index is 2.44. The van der Waals surface area contributed by atoms with Crippen molar-refractivity contribution in [2.45, 2.75) is 6.04 Å². The van der Waals surface area contributed by atoms with E-state index in [1.165, 1.54) is 12.1 Å². The van der Waals surface area contributed by atoms with Gasteiger partial charge in [0, 0.05) is 5.56 Å². The van der Waals surface area contributed by atoms with Crippen molar-refractivity contribution in [2.75, 3.05) is 0 Å². The van der Waals surface area contributed by atoms with E-state index in [2.05, 4.69) is 15.9 Å². The van der Waals surface area contributed by atoms with Gasteiger partial charge in [-0.15, -0.1) is 0 Å². The second-order valence-electron chi connectivity index (χ2n) is 3.82. The summed E-state index contributed by atoms with van der Waals surface area (Å²) >= 11 is 3.01. The lowest BCUT2D eigenvalue weighted by molar-refractivity contribution is 0.574. The van der Waals surface area contributed by atoms with Crippen molar-refractivity contribution in [3.63, 3.8) is 0 Å². The van der Waals surface area contributed by atoms with Gasteiger partial charge in [-0.25, -0.2) is 13.2 Å². The van der Waals surface area contributed by atoms with E-state index in [0.29, 0.717) is 5.56 Å². The third-order valence-corrected chi connectivity index (χ3v) is 3.24. The lowest BCUT2D eigenvalue weighted by Crippen LogP contribution is -2.14. The molecule has 1 unspecified atom stereocenters. The molecule has 2 rings (SSSR count). The van der Waals surface area contributed by atoms with Gasteiger partial charge in [0.25, 0.3) is 0 Å². The summed E-state index contributed by atoms with van der Waals surface area (Å²) in [4.78, 5) is 0. The number of rotatable bonds is 2. The number of hydrogen-bond acceptors (Lipinski definition) is 1. The van der Waals surface area contributed by atoms with Crippen LogP contribution in [0.5, 0.6) is 0 Å². The molecule has 1 atom stereocenters. The van der Waals surface area contributed by atoms with E-state index in [4.69, 9.17) is 5.73 Å². The smallest absolute Gasteiger partial charge is 0.137 e. The Morgan fingerprint density at radius 3 is 2.33 bits per heavy atom. The van der Waals surface area contributed by atoms with Crippen LogP contribution in [0.3, 0.4) is 0 Å². The van der Waals surface area contributed by atoms with E-state index in [0.717, 1.165) is 18.2 Å². The Morgan fingerprint density at radius 1 is 0.944 bits per heavy atom. The molecule has 0 aliphatic carbocycles. The van der Waals surface area contributed by atoms with Crippen molar-refractivity contribution in [3.8, 4) is 0 Å². The first-order valence-electron chi connectivity index (χ1n) is 5.14. The maximum Gasteiger partial charge on any atom is 0.137 e. The van der Waals surface area contributed by atoms with Gasteiger partial charge in [0.15, 0.2) is 0 Å². The molecule has 0 saturated carbocycles. The van der Waals surface area contributed by atoms with Crippen LogP contribution in [0.1, 0.15) is 17.2 Å². The van der Waals surface area contributed by atoms with Crippen molar-refractivity contribution < 1.29 is 13.2 Å². The van der Waals surface area contributed by atoms with Gasteiger partial charge < -0.3 is 5.73 Å². The summed E-state index contributed by atoms with van der Waals surface area (Å²) in [5.74, 6) is -1.70. The molecule has 1 nitrogen and oxygen atoms in total. The van der Waals surface area contributed by atoms with Crippen LogP contribution in [0.4, 0.5) is 13.2 Å². The fourth-order valence-corrected chi connectivity index (χ4v) is 1.88. The second kappa shape index (κ2) is 5.12. The van der Waals surface area contributed by atoms with Gasteiger partial charge in [0.1, 0.15) is 17.5 Å². The Kier molecular flexibility index (Phi) is 3.73. The molecule has 0 fully saturated rings. The highest BCUT2D eigenvalue weighted by molar-refractivity contribution is 9.10. The maximum atomic E-state index is 13.5. The van der Waals surface area contributed by atoms with Gasteiger partial charge in [-0.1, -0.05) is 6.07 Å². The summed E-state index contributed by atoms with van der Waals surface area (Å²) in [6.07, 6.45) is 0. The molecule has 5 heteroatoms. The standard InChI is InChI=1S/C13H9BrF3N/c14-10-3-1-7(5-12(10)17)13(18)9-6-8(15)2-4-11(9)16/h1-6,13H,18H2. The van der Waals surface area contributed by atoms with E-state index < -0.39 is 23.5 Å². The van der Waals surface area contributed by atoms with Crippen LogP contribution in [0, 0.1) is 17.5 Å². The molecule has 0 saturated heterocycles. The SMILES string of the molecule is NC(c1ccc(Br)c(F)c1)c1cc(F)ccc1F. The van der Waals surface area contributed by atoms with Crippen LogP contribution in [0.15, 0.2) is 40.9 Å². The van der Waals surface area contributed by atoms with E-state index in [9.17, 15) is 13.2 Å². The van der Waals surface area contributed by atoms with Crippen molar-refractivity contribution >= 4 is 15.9 Å². The van der Waals surface area contributed by atoms with Crippen LogP contribution in [-0.4, -0.2) is 0 Å². The highest BCUT2D eigenvalue weighted by atomic mass is 79.9. The van der Waals surface area contributed by atoms with Crippen LogP contribution < -0.4 is 5.73 Å². The lowest BCUT2D eigenvalue weighted by Gasteiger charge is -2.14. The number of halogens is 4. The topological polar surface area (TPSA) is 26.0 Å². The summed E-state index contributed by atoms with van der Waals surface area (Å²) in [6.45, 7) is 0. The average Bonchev–Trinajstić information content (AvgIpc) is 2.35. The van der Waals surface area contributed by atoms with Crippen LogP contribution >= 0.6 is 15.9 Å². The summed E-state index contributed by atoms with van der Waals surface area (Å²) in [5.41, 5.74) is 6.19. The molecule has 2 aromatic carbocycles. The third kappa shape index (κ3) is 2.57. The van der Waals surface area contributed by atoms with Crippen molar-refractivity contribution in [3.05, 3.63) is 69.4 Å². The summed E-state index contributed by atoms with van der Waals surface area (Å²) in [5, 5.41) is 0. The summed E-state index contributed by atoms with van der Waals surface area (Å²) in [7, 11) is 0. The minimum Gasteiger partial charge on any atom is -0.320 e. The molecule has 2 aromatic rings. The molecule has 2 N–H and O–H groups in total. The largest absolute Gasteiger partial charge is 0.320 e. The second-order valence-corrected chi connectivity index (χ2v) is 4.67. The zero-order valence-electron chi connectivity index (χ0n) is 9.13. The van der Waals surface area contributed by atoms with Crippen molar-refractivity contribution in [1.82, 2.24) is 0 Å². The van der Waals surface area contributed by atoms with Gasteiger partial charge in [-0.2, -0.15) is 0 Å². The van der Waals surface area contributed by atoms with E-state index in [1.54, 1.807) is 6.07 Å². The van der Waals surface area contributed by atoms with Crippen LogP contribution in [0.25, 0.3) is 0 Å². The predicted molar refractivity (Wildman–Crippen MR) is 66.5 cm³/mol. The molecule has 0 heterocycles. The van der Waals surface area contributed by atoms with Crippen LogP contribution in [0.2, 0.25) is 0 Å². The normalized spacial score (nSPS) is 12.5. The molecular weight excluding hydrogens is 307 g/mol. The van der Waals surface area contributed by atoms with E-state index in [1.807, 2.05) is 0 Å². The Labute approximate surface area is 111 Å². The quantitative estimate of drug-likeness (QED) is 0.893. The number of benzene rings is 2. The van der Waals surface area contributed by atoms with Crippen molar-refractivity contribution in [1.29, 1.82) is 0 Å². The van der Waals surface area contributed by atoms with Gasteiger partial charge in [0.2, 0.25) is 0 Å². The van der Waals surface area contributed by atoms with Crippen LogP contribution in [-0.2, 0) is 0 Å². The highest BCUT2D eigenvalue weighted by Gasteiger charge is 2.15. The molecule has 0 aliphatic rings. The zero-order chi connectivity index (χ0) is 13.3. The fraction of sp³-hybridized carbons (Fsp3) is 0.0769. The molecule has 0 radical (unpaired) electrons. The minimum atomic E-state index is -0.914. The first-order valence-corrected chi connectivity index (χ1v) is 5.94. The van der Waals surface area contributed by atoms with E-state index in [-0.39, 0.29) is 10.0 Å². The lowest BCUT2D eigenvalue weighted by atomic mass is 9.99. The molecule has 0 amide bonds. The van der Waals surface area contributed by atoms with Crippen molar-refractivity contribution in [2.24, 2.45) is 5.73 Å². The molecular formula is C13H9BrF3N. The monoisotopic (exact) mass is 315 g/mol. The zero-order valence-corrected chi connectivity index (χ0v) is 10.7. The number of hydrogen-bond donors (Lipinski definition) is 1. The third-order valence-electron chi connectivity index (χ3n) is 2.60. The molecule has 0 aromatic heterocycles. The highest BCUT2D eigenvalue weighted by Crippen LogP contribution is 2.26. The number of nitrogens with two attached hydrogens (primary N) is 1. The maximum absolute atomic E-state index is 13.5. The predicted octanol–water partition coefficient (Wildman–Crippen LogP) is 3.91. The molecule has 18 heavy (non-hydrogen) atoms. The first kappa shape index (κ1) is 13.1. The van der Waals surface area contributed by atoms with Gasteiger partial charge in [-0.3, -0.25) is 0 Å². The Bertz CT molecular complexity index is 586. The molecule has 0 bridgehead atoms. The van der Waals surface area contributed by atoms with Gasteiger partial charge in [0.05, 0.1) is 10.5 Å². The molecule has 0 spiro atoms. The Hall–Kier alpha value is -1.33. The van der Waals surface area contributed by atoms with E-state index >= 15 is 0 Å². The minimum absolute atomic E-state index is 0.00303. The first-order chi connectivity index (χ1) is 8.49. The van der Waals surface area contributed by atoms with Gasteiger partial charge >= 0.3 is 0 Å². The summed E-state index contributed by atoms with van der Waals surface area (Å²) < 4.78 is 40.3. The Morgan fingerprint density at radius 2 is 1.67 bits per heavy atom. The molecule has 94 valence electrons.